The zero-order valence-electron chi connectivity index (χ0n) is 7.82. The van der Waals surface area contributed by atoms with E-state index in [0.717, 1.165) is 12.8 Å². The Hall–Kier alpha value is -1.06. The van der Waals surface area contributed by atoms with Gasteiger partial charge in [0.05, 0.1) is 0 Å². The second-order valence-corrected chi connectivity index (χ2v) is 3.60. The molecule has 0 aromatic heterocycles. The Labute approximate surface area is 77.5 Å². The number of nitrogens with zero attached hydrogens (tertiary/aromatic N) is 2. The highest BCUT2D eigenvalue weighted by molar-refractivity contribution is 5.97. The Morgan fingerprint density at radius 3 is 2.62 bits per heavy atom. The molecule has 0 aromatic rings. The van der Waals surface area contributed by atoms with Crippen molar-refractivity contribution in [1.82, 2.24) is 9.80 Å². The first kappa shape index (κ1) is 8.53. The molecule has 13 heavy (non-hydrogen) atoms. The first-order valence-corrected chi connectivity index (χ1v) is 4.85. The van der Waals surface area contributed by atoms with Crippen molar-refractivity contribution in [2.75, 3.05) is 13.1 Å². The van der Waals surface area contributed by atoms with Crippen LogP contribution in [0.1, 0.15) is 26.2 Å². The molecule has 0 bridgehead atoms. The van der Waals surface area contributed by atoms with E-state index >= 15 is 0 Å². The number of imide groups is 1. The summed E-state index contributed by atoms with van der Waals surface area (Å²) in [5.74, 6) is -0.0237. The van der Waals surface area contributed by atoms with E-state index < -0.39 is 0 Å². The maximum atomic E-state index is 11.7. The molecular formula is C9H14N2O2. The Morgan fingerprint density at radius 1 is 1.38 bits per heavy atom. The molecule has 0 atom stereocenters. The molecule has 2 rings (SSSR count). The van der Waals surface area contributed by atoms with Crippen LogP contribution in [0, 0.1) is 0 Å². The average Bonchev–Trinajstić information content (AvgIpc) is 2.88. The van der Waals surface area contributed by atoms with Crippen LogP contribution in [0.4, 0.5) is 4.79 Å². The summed E-state index contributed by atoms with van der Waals surface area (Å²) in [5.41, 5.74) is 0. The van der Waals surface area contributed by atoms with Gasteiger partial charge in [0.15, 0.2) is 0 Å². The molecule has 0 aromatic carbocycles. The smallest absolute Gasteiger partial charge is 0.321 e. The van der Waals surface area contributed by atoms with Crippen LogP contribution in [-0.2, 0) is 4.79 Å². The third kappa shape index (κ3) is 1.41. The fourth-order valence-electron chi connectivity index (χ4n) is 1.75. The number of amides is 3. The first-order valence-electron chi connectivity index (χ1n) is 4.85. The van der Waals surface area contributed by atoms with Crippen LogP contribution in [0.3, 0.4) is 0 Å². The molecule has 72 valence electrons. The fraction of sp³-hybridized carbons (Fsp3) is 0.778. The van der Waals surface area contributed by atoms with Crippen molar-refractivity contribution < 1.29 is 9.59 Å². The summed E-state index contributed by atoms with van der Waals surface area (Å²) < 4.78 is 0. The van der Waals surface area contributed by atoms with E-state index in [-0.39, 0.29) is 11.9 Å². The first-order chi connectivity index (χ1) is 6.24. The lowest BCUT2D eigenvalue weighted by molar-refractivity contribution is -0.130. The van der Waals surface area contributed by atoms with Crippen molar-refractivity contribution in [3.8, 4) is 0 Å². The van der Waals surface area contributed by atoms with Gasteiger partial charge in [-0.05, 0) is 19.8 Å². The third-order valence-corrected chi connectivity index (χ3v) is 2.65. The molecule has 4 heteroatoms. The summed E-state index contributed by atoms with van der Waals surface area (Å²) >= 11 is 0. The number of carbonyl (C=O) groups excluding carboxylic acids is 2. The van der Waals surface area contributed by atoms with Gasteiger partial charge in [-0.1, -0.05) is 0 Å². The van der Waals surface area contributed by atoms with Gasteiger partial charge in [0.1, 0.15) is 0 Å². The zero-order valence-corrected chi connectivity index (χ0v) is 7.82. The Bertz CT molecular complexity index is 248. The summed E-state index contributed by atoms with van der Waals surface area (Å²) in [4.78, 5) is 26.2. The average molecular weight is 182 g/mol. The van der Waals surface area contributed by atoms with E-state index in [1.165, 1.54) is 4.90 Å². The molecule has 3 amide bonds. The number of hydrogen-bond acceptors (Lipinski definition) is 2. The molecule has 2 fully saturated rings. The standard InChI is InChI=1S/C9H14N2O2/c1-2-10-8(12)5-6-11(9(10)13)7-3-4-7/h7H,2-6H2,1H3. The quantitative estimate of drug-likeness (QED) is 0.634. The molecule has 0 radical (unpaired) electrons. The zero-order chi connectivity index (χ0) is 9.42. The van der Waals surface area contributed by atoms with Crippen LogP contribution in [0.5, 0.6) is 0 Å². The van der Waals surface area contributed by atoms with Crippen LogP contribution in [-0.4, -0.2) is 40.9 Å². The fourth-order valence-corrected chi connectivity index (χ4v) is 1.75. The van der Waals surface area contributed by atoms with Gasteiger partial charge in [-0.2, -0.15) is 0 Å². The topological polar surface area (TPSA) is 40.6 Å². The largest absolute Gasteiger partial charge is 0.326 e. The molecule has 4 nitrogen and oxygen atoms in total. The molecule has 1 saturated carbocycles. The highest BCUT2D eigenvalue weighted by Crippen LogP contribution is 2.29. The minimum absolute atomic E-state index is 0.0237. The van der Waals surface area contributed by atoms with Gasteiger partial charge in [0.25, 0.3) is 0 Å². The molecule has 1 heterocycles. The summed E-state index contributed by atoms with van der Waals surface area (Å²) in [7, 11) is 0. The second-order valence-electron chi connectivity index (χ2n) is 3.60. The van der Waals surface area contributed by atoms with Gasteiger partial charge < -0.3 is 4.90 Å². The van der Waals surface area contributed by atoms with E-state index in [0.29, 0.717) is 25.6 Å². The molecule has 1 saturated heterocycles. The molecular weight excluding hydrogens is 168 g/mol. The SMILES string of the molecule is CCN1C(=O)CCN(C2CC2)C1=O. The van der Waals surface area contributed by atoms with Crippen LogP contribution in [0.15, 0.2) is 0 Å². The minimum atomic E-state index is -0.0822. The monoisotopic (exact) mass is 182 g/mol. The maximum Gasteiger partial charge on any atom is 0.326 e. The molecule has 1 aliphatic heterocycles. The molecule has 1 aliphatic carbocycles. The lowest BCUT2D eigenvalue weighted by atomic mass is 10.2. The minimum Gasteiger partial charge on any atom is -0.321 e. The van der Waals surface area contributed by atoms with Crippen molar-refractivity contribution in [3.05, 3.63) is 0 Å². The Kier molecular flexibility index (Phi) is 1.98. The predicted molar refractivity (Wildman–Crippen MR) is 47.1 cm³/mol. The summed E-state index contributed by atoms with van der Waals surface area (Å²) in [6.45, 7) is 2.96. The van der Waals surface area contributed by atoms with Crippen molar-refractivity contribution >= 4 is 11.9 Å². The molecule has 0 spiro atoms. The highest BCUT2D eigenvalue weighted by atomic mass is 16.2. The maximum absolute atomic E-state index is 11.7. The van der Waals surface area contributed by atoms with Crippen LogP contribution in [0.25, 0.3) is 0 Å². The van der Waals surface area contributed by atoms with Crippen LogP contribution < -0.4 is 0 Å². The van der Waals surface area contributed by atoms with Gasteiger partial charge in [-0.3, -0.25) is 9.69 Å². The lowest BCUT2D eigenvalue weighted by Gasteiger charge is -2.33. The van der Waals surface area contributed by atoms with Crippen molar-refractivity contribution in [3.63, 3.8) is 0 Å². The number of rotatable bonds is 2. The molecule has 0 N–H and O–H groups in total. The summed E-state index contributed by atoms with van der Waals surface area (Å²) in [6, 6.07) is 0.343. The van der Waals surface area contributed by atoms with Crippen LogP contribution >= 0.6 is 0 Å². The van der Waals surface area contributed by atoms with Gasteiger partial charge in [0, 0.05) is 25.6 Å². The van der Waals surface area contributed by atoms with Crippen molar-refractivity contribution in [1.29, 1.82) is 0 Å². The van der Waals surface area contributed by atoms with Crippen molar-refractivity contribution in [2.45, 2.75) is 32.2 Å². The van der Waals surface area contributed by atoms with Gasteiger partial charge in [-0.15, -0.1) is 0 Å². The number of urea groups is 1. The van der Waals surface area contributed by atoms with Gasteiger partial charge in [-0.25, -0.2) is 4.79 Å². The molecule has 2 aliphatic rings. The van der Waals surface area contributed by atoms with E-state index in [4.69, 9.17) is 0 Å². The number of carbonyl (C=O) groups is 2. The van der Waals surface area contributed by atoms with E-state index in [9.17, 15) is 9.59 Å². The van der Waals surface area contributed by atoms with E-state index in [2.05, 4.69) is 0 Å². The molecule has 0 unspecified atom stereocenters. The number of hydrogen-bond donors (Lipinski definition) is 0. The van der Waals surface area contributed by atoms with Gasteiger partial charge in [0.2, 0.25) is 5.91 Å². The van der Waals surface area contributed by atoms with E-state index in [1.807, 2.05) is 11.8 Å². The Morgan fingerprint density at radius 2 is 2.08 bits per heavy atom. The lowest BCUT2D eigenvalue weighted by Crippen LogP contribution is -2.52. The summed E-state index contributed by atoms with van der Waals surface area (Å²) in [5, 5.41) is 0. The highest BCUT2D eigenvalue weighted by Gasteiger charge is 2.39. The van der Waals surface area contributed by atoms with E-state index in [1.54, 1.807) is 0 Å². The van der Waals surface area contributed by atoms with Crippen LogP contribution in [0.2, 0.25) is 0 Å². The van der Waals surface area contributed by atoms with Gasteiger partial charge >= 0.3 is 6.03 Å². The van der Waals surface area contributed by atoms with Crippen molar-refractivity contribution in [2.24, 2.45) is 0 Å². The third-order valence-electron chi connectivity index (χ3n) is 2.65. The summed E-state index contributed by atoms with van der Waals surface area (Å²) in [6.07, 6.45) is 2.71. The normalized spacial score (nSPS) is 24.1. The Balaban J connectivity index is 2.09. The second kappa shape index (κ2) is 3.01. The predicted octanol–water partition coefficient (Wildman–Crippen LogP) is 0.823.